The van der Waals surface area contributed by atoms with Crippen molar-refractivity contribution in [3.8, 4) is 11.6 Å². The first kappa shape index (κ1) is 16.4. The van der Waals surface area contributed by atoms with E-state index in [4.69, 9.17) is 4.74 Å². The largest absolute Gasteiger partial charge is 0.493 e. The zero-order valence-corrected chi connectivity index (χ0v) is 13.4. The van der Waals surface area contributed by atoms with Crippen LogP contribution in [0.5, 0.6) is 11.6 Å². The third-order valence-corrected chi connectivity index (χ3v) is 3.96. The number of nitrogens with zero attached hydrogens (tertiary/aromatic N) is 3. The van der Waals surface area contributed by atoms with Crippen LogP contribution >= 0.6 is 0 Å². The number of para-hydroxylation sites is 1. The molecule has 3 aromatic rings. The number of rotatable bonds is 6. The molecular formula is C17H15N3O5. The van der Waals surface area contributed by atoms with E-state index < -0.39 is 4.92 Å². The number of nitroso groups, excluding NO2 is 1. The molecule has 0 bridgehead atoms. The van der Waals surface area contributed by atoms with E-state index in [0.29, 0.717) is 5.52 Å². The lowest BCUT2D eigenvalue weighted by atomic mass is 10.2. The summed E-state index contributed by atoms with van der Waals surface area (Å²) in [4.78, 5) is 21.4. The van der Waals surface area contributed by atoms with Gasteiger partial charge in [-0.3, -0.25) is 10.1 Å². The van der Waals surface area contributed by atoms with Crippen molar-refractivity contribution in [2.24, 2.45) is 5.18 Å². The fourth-order valence-corrected chi connectivity index (χ4v) is 2.71. The van der Waals surface area contributed by atoms with Crippen molar-refractivity contribution in [3.63, 3.8) is 0 Å². The predicted molar refractivity (Wildman–Crippen MR) is 92.4 cm³/mol. The number of aromatic nitrogens is 1. The lowest BCUT2D eigenvalue weighted by Gasteiger charge is -2.11. The average Bonchev–Trinajstić information content (AvgIpc) is 2.87. The zero-order chi connectivity index (χ0) is 18.0. The molecule has 8 heteroatoms. The molecule has 0 aliphatic carbocycles. The van der Waals surface area contributed by atoms with E-state index in [0.717, 1.165) is 11.3 Å². The first-order valence-corrected chi connectivity index (χ1v) is 7.54. The molecule has 25 heavy (non-hydrogen) atoms. The number of nitro benzene ring substituents is 1. The van der Waals surface area contributed by atoms with Crippen molar-refractivity contribution < 1.29 is 14.8 Å². The maximum Gasteiger partial charge on any atom is 0.270 e. The molecule has 0 fully saturated rings. The van der Waals surface area contributed by atoms with Crippen LogP contribution in [-0.4, -0.2) is 21.2 Å². The molecule has 0 aliphatic rings. The van der Waals surface area contributed by atoms with Crippen molar-refractivity contribution in [2.75, 3.05) is 6.61 Å². The fraction of sp³-hybridized carbons (Fsp3) is 0.176. The van der Waals surface area contributed by atoms with Gasteiger partial charge in [-0.1, -0.05) is 18.2 Å². The van der Waals surface area contributed by atoms with Crippen LogP contribution in [0, 0.1) is 21.9 Å². The third-order valence-electron chi connectivity index (χ3n) is 3.96. The van der Waals surface area contributed by atoms with E-state index in [1.807, 2.05) is 31.2 Å². The Bertz CT molecular complexity index is 964. The van der Waals surface area contributed by atoms with Crippen LogP contribution < -0.4 is 4.74 Å². The summed E-state index contributed by atoms with van der Waals surface area (Å²) in [6, 6.07) is 11.5. The lowest BCUT2D eigenvalue weighted by molar-refractivity contribution is -0.384. The summed E-state index contributed by atoms with van der Waals surface area (Å²) in [5.74, 6) is 0.390. The molecule has 0 radical (unpaired) electrons. The van der Waals surface area contributed by atoms with Crippen LogP contribution in [0.2, 0.25) is 0 Å². The minimum absolute atomic E-state index is 0.175. The number of aromatic hydroxyl groups is 1. The summed E-state index contributed by atoms with van der Waals surface area (Å²) in [6.45, 7) is 2.42. The number of non-ortho nitro benzene ring substituents is 1. The zero-order valence-electron chi connectivity index (χ0n) is 13.4. The van der Waals surface area contributed by atoms with Gasteiger partial charge in [0.1, 0.15) is 12.4 Å². The standard InChI is InChI=1S/C17H15N3O5/c1-11-4-2-3-5-15(11)25-9-8-19-14-7-6-12(20(23)24)10-13(14)16(18-22)17(19)21/h2-7,10,21H,8-9H2,1H3. The van der Waals surface area contributed by atoms with Crippen LogP contribution in [0.1, 0.15) is 5.56 Å². The van der Waals surface area contributed by atoms with Crippen LogP contribution in [-0.2, 0) is 6.54 Å². The van der Waals surface area contributed by atoms with Crippen LogP contribution in [0.25, 0.3) is 10.9 Å². The monoisotopic (exact) mass is 341 g/mol. The van der Waals surface area contributed by atoms with E-state index >= 15 is 0 Å². The first-order valence-electron chi connectivity index (χ1n) is 7.54. The van der Waals surface area contributed by atoms with Gasteiger partial charge < -0.3 is 14.4 Å². The Hall–Kier alpha value is -3.42. The molecule has 8 nitrogen and oxygen atoms in total. The normalized spacial score (nSPS) is 10.8. The van der Waals surface area contributed by atoms with Gasteiger partial charge in [0.2, 0.25) is 5.88 Å². The summed E-state index contributed by atoms with van der Waals surface area (Å²) >= 11 is 0. The molecule has 0 saturated carbocycles. The summed E-state index contributed by atoms with van der Waals surface area (Å²) in [5, 5.41) is 24.2. The lowest BCUT2D eigenvalue weighted by Crippen LogP contribution is -2.08. The molecule has 0 saturated heterocycles. The predicted octanol–water partition coefficient (Wildman–Crippen LogP) is 4.04. The number of ether oxygens (including phenoxy) is 1. The number of benzene rings is 2. The van der Waals surface area contributed by atoms with Gasteiger partial charge in [0.15, 0.2) is 5.69 Å². The summed E-state index contributed by atoms with van der Waals surface area (Å²) in [5.41, 5.74) is 1.07. The first-order chi connectivity index (χ1) is 12.0. The second kappa shape index (κ2) is 6.60. The van der Waals surface area contributed by atoms with Crippen LogP contribution in [0.4, 0.5) is 11.4 Å². The second-order valence-electron chi connectivity index (χ2n) is 5.49. The quantitative estimate of drug-likeness (QED) is 0.413. The summed E-state index contributed by atoms with van der Waals surface area (Å²) < 4.78 is 7.15. The van der Waals surface area contributed by atoms with Crippen molar-refractivity contribution in [1.29, 1.82) is 0 Å². The Morgan fingerprint density at radius 1 is 1.28 bits per heavy atom. The van der Waals surface area contributed by atoms with Gasteiger partial charge in [-0.2, -0.15) is 0 Å². The van der Waals surface area contributed by atoms with E-state index in [9.17, 15) is 20.1 Å². The average molecular weight is 341 g/mol. The van der Waals surface area contributed by atoms with E-state index in [-0.39, 0.29) is 35.8 Å². The molecule has 0 unspecified atom stereocenters. The number of aryl methyl sites for hydroxylation is 1. The van der Waals surface area contributed by atoms with Gasteiger partial charge in [-0.05, 0) is 29.8 Å². The number of nitro groups is 1. The highest BCUT2D eigenvalue weighted by Crippen LogP contribution is 2.39. The molecule has 1 N–H and O–H groups in total. The Morgan fingerprint density at radius 3 is 2.72 bits per heavy atom. The maximum absolute atomic E-state index is 11.1. The third kappa shape index (κ3) is 3.01. The van der Waals surface area contributed by atoms with Gasteiger partial charge >= 0.3 is 0 Å². The summed E-state index contributed by atoms with van der Waals surface area (Å²) in [7, 11) is 0. The molecule has 2 aromatic carbocycles. The van der Waals surface area contributed by atoms with E-state index in [1.165, 1.54) is 22.8 Å². The fourth-order valence-electron chi connectivity index (χ4n) is 2.71. The minimum Gasteiger partial charge on any atom is -0.493 e. The Labute approximate surface area is 142 Å². The van der Waals surface area contributed by atoms with Gasteiger partial charge in [-0.15, -0.1) is 4.91 Å². The van der Waals surface area contributed by atoms with Gasteiger partial charge in [0.25, 0.3) is 5.69 Å². The molecule has 0 amide bonds. The van der Waals surface area contributed by atoms with Crippen molar-refractivity contribution in [1.82, 2.24) is 4.57 Å². The maximum atomic E-state index is 11.1. The van der Waals surface area contributed by atoms with E-state index in [1.54, 1.807) is 0 Å². The number of hydrogen-bond donors (Lipinski definition) is 1. The van der Waals surface area contributed by atoms with Crippen molar-refractivity contribution in [3.05, 3.63) is 63.0 Å². The van der Waals surface area contributed by atoms with Gasteiger partial charge in [0, 0.05) is 17.5 Å². The Balaban J connectivity index is 1.91. The number of fused-ring (bicyclic) bond motifs is 1. The molecule has 128 valence electrons. The topological polar surface area (TPSA) is 107 Å². The second-order valence-corrected chi connectivity index (χ2v) is 5.49. The Morgan fingerprint density at radius 2 is 2.04 bits per heavy atom. The molecular weight excluding hydrogens is 326 g/mol. The summed E-state index contributed by atoms with van der Waals surface area (Å²) in [6.07, 6.45) is 0. The smallest absolute Gasteiger partial charge is 0.270 e. The highest BCUT2D eigenvalue weighted by atomic mass is 16.6. The minimum atomic E-state index is -0.566. The van der Waals surface area contributed by atoms with Crippen LogP contribution in [0.15, 0.2) is 47.6 Å². The Kier molecular flexibility index (Phi) is 4.34. The highest BCUT2D eigenvalue weighted by molar-refractivity contribution is 5.96. The van der Waals surface area contributed by atoms with Crippen molar-refractivity contribution in [2.45, 2.75) is 13.5 Å². The van der Waals surface area contributed by atoms with Crippen molar-refractivity contribution >= 4 is 22.3 Å². The highest BCUT2D eigenvalue weighted by Gasteiger charge is 2.20. The molecule has 0 aliphatic heterocycles. The molecule has 1 aromatic heterocycles. The number of hydrogen-bond acceptors (Lipinski definition) is 6. The molecule has 0 spiro atoms. The van der Waals surface area contributed by atoms with Gasteiger partial charge in [0.05, 0.1) is 17.0 Å². The molecule has 0 atom stereocenters. The molecule has 3 rings (SSSR count). The van der Waals surface area contributed by atoms with Crippen LogP contribution in [0.3, 0.4) is 0 Å². The SMILES string of the molecule is Cc1ccccc1OCCn1c(O)c(N=O)c2cc([N+](=O)[O-])ccc21. The van der Waals surface area contributed by atoms with Gasteiger partial charge in [-0.25, -0.2) is 0 Å². The van der Waals surface area contributed by atoms with E-state index in [2.05, 4.69) is 5.18 Å². The molecule has 1 heterocycles.